The molecule has 2 aliphatic carbocycles. The molecule has 0 spiro atoms. The molecule has 0 radical (unpaired) electrons. The number of halogens is 2. The Kier molecular flexibility index (Phi) is 7.77. The molecule has 6 rings (SSSR count). The topological polar surface area (TPSA) is 112 Å². The van der Waals surface area contributed by atoms with E-state index < -0.39 is 18.0 Å². The zero-order valence-corrected chi connectivity index (χ0v) is 23.2. The van der Waals surface area contributed by atoms with Gasteiger partial charge in [0.05, 0.1) is 25.4 Å². The number of nitrogens with zero attached hydrogens (tertiary/aromatic N) is 5. The van der Waals surface area contributed by atoms with Crippen molar-refractivity contribution in [3.63, 3.8) is 0 Å². The molecular weight excluding hydrogens is 552 g/mol. The number of aromatic nitrogens is 2. The number of carbonyl (C=O) groups is 2. The number of nitrogens with one attached hydrogen (secondary N) is 2. The van der Waals surface area contributed by atoms with Gasteiger partial charge in [-0.1, -0.05) is 11.8 Å². The van der Waals surface area contributed by atoms with Gasteiger partial charge in [0, 0.05) is 42.9 Å². The average Bonchev–Trinajstić information content (AvgIpc) is 3.91. The van der Waals surface area contributed by atoms with Gasteiger partial charge in [0.15, 0.2) is 10.5 Å². The van der Waals surface area contributed by atoms with Gasteiger partial charge in [-0.2, -0.15) is 5.10 Å². The minimum Gasteiger partial charge on any atom is -0.494 e. The number of amides is 2. The second kappa shape index (κ2) is 11.6. The van der Waals surface area contributed by atoms with E-state index in [4.69, 9.17) is 4.74 Å². The van der Waals surface area contributed by atoms with Crippen molar-refractivity contribution in [3.05, 3.63) is 35.8 Å². The quantitative estimate of drug-likeness (QED) is 0.480. The summed E-state index contributed by atoms with van der Waals surface area (Å²) in [4.78, 5) is 38.6. The highest BCUT2D eigenvalue weighted by molar-refractivity contribution is 8.14. The normalized spacial score (nSPS) is 20.8. The van der Waals surface area contributed by atoms with Crippen LogP contribution in [0.3, 0.4) is 0 Å². The molecule has 2 aromatic heterocycles. The number of methoxy groups -OCH3 is 1. The molecule has 4 aliphatic rings. The lowest BCUT2D eigenvalue weighted by Crippen LogP contribution is -2.51. The second-order valence-electron chi connectivity index (χ2n) is 10.5. The highest BCUT2D eigenvalue weighted by atomic mass is 32.2. The lowest BCUT2D eigenvalue weighted by atomic mass is 9.99. The third kappa shape index (κ3) is 6.44. The summed E-state index contributed by atoms with van der Waals surface area (Å²) in [5.41, 5.74) is 3.05. The van der Waals surface area contributed by atoms with Crippen LogP contribution in [0.15, 0.2) is 29.6 Å². The Morgan fingerprint density at radius 2 is 2.00 bits per heavy atom. The summed E-state index contributed by atoms with van der Waals surface area (Å²) in [6, 6.07) is 2.77. The fourth-order valence-electron chi connectivity index (χ4n) is 4.72. The Bertz CT molecular complexity index is 1450. The predicted octanol–water partition coefficient (Wildman–Crippen LogP) is 3.23. The van der Waals surface area contributed by atoms with Crippen molar-refractivity contribution in [1.29, 1.82) is 0 Å². The summed E-state index contributed by atoms with van der Waals surface area (Å²) in [5, 5.41) is 6.99. The molecule has 41 heavy (non-hydrogen) atoms. The number of hydrazone groups is 1. The van der Waals surface area contributed by atoms with Gasteiger partial charge in [-0.05, 0) is 55.5 Å². The summed E-state index contributed by atoms with van der Waals surface area (Å²) in [6.07, 6.45) is 4.33. The van der Waals surface area contributed by atoms with Crippen LogP contribution >= 0.6 is 11.8 Å². The van der Waals surface area contributed by atoms with Crippen LogP contribution in [-0.4, -0.2) is 70.5 Å². The maximum atomic E-state index is 13.6. The smallest absolute Gasteiger partial charge is 0.280 e. The first-order chi connectivity index (χ1) is 19.9. The average molecular weight is 582 g/mol. The molecule has 2 saturated carbocycles. The van der Waals surface area contributed by atoms with Crippen molar-refractivity contribution in [2.24, 2.45) is 16.9 Å². The number of piperazine rings is 1. The number of alkyl halides is 2. The predicted molar refractivity (Wildman–Crippen MR) is 150 cm³/mol. The molecule has 214 valence electrons. The number of pyridine rings is 2. The van der Waals surface area contributed by atoms with Crippen LogP contribution in [0.1, 0.15) is 48.2 Å². The van der Waals surface area contributed by atoms with Gasteiger partial charge in [0.25, 0.3) is 12.3 Å². The van der Waals surface area contributed by atoms with Gasteiger partial charge >= 0.3 is 0 Å². The third-order valence-corrected chi connectivity index (χ3v) is 8.15. The number of anilines is 1. The van der Waals surface area contributed by atoms with Gasteiger partial charge in [0.2, 0.25) is 5.91 Å². The number of rotatable bonds is 7. The number of hydrogen-bond donors (Lipinski definition) is 2. The van der Waals surface area contributed by atoms with E-state index in [2.05, 4.69) is 42.6 Å². The highest BCUT2D eigenvalue weighted by Crippen LogP contribution is 2.37. The van der Waals surface area contributed by atoms with Crippen LogP contribution in [0.5, 0.6) is 5.75 Å². The van der Waals surface area contributed by atoms with Crippen LogP contribution in [0, 0.1) is 23.7 Å². The van der Waals surface area contributed by atoms with Crippen molar-refractivity contribution in [3.8, 4) is 28.7 Å². The number of hydrogen-bond acceptors (Lipinski definition) is 9. The minimum atomic E-state index is -2.83. The largest absolute Gasteiger partial charge is 0.494 e. The Hall–Kier alpha value is -3.76. The molecule has 0 bridgehead atoms. The molecule has 3 fully saturated rings. The molecule has 1 saturated heterocycles. The Morgan fingerprint density at radius 1 is 1.17 bits per heavy atom. The second-order valence-corrected chi connectivity index (χ2v) is 11.6. The number of amidine groups is 1. The SMILES string of the molecule is COc1cnc(C(F)F)cc1-c1cc(N2CCN(CC3CC3)CC2=O)ncc1C(=O)NC1=NNC(C#CC2CC2)S1. The van der Waals surface area contributed by atoms with Crippen molar-refractivity contribution < 1.29 is 23.1 Å². The molecule has 4 heterocycles. The first-order valence-electron chi connectivity index (χ1n) is 13.6. The Labute approximate surface area is 240 Å². The van der Waals surface area contributed by atoms with E-state index in [0.717, 1.165) is 19.4 Å². The lowest BCUT2D eigenvalue weighted by molar-refractivity contribution is -0.121. The maximum absolute atomic E-state index is 13.6. The first-order valence-corrected chi connectivity index (χ1v) is 14.4. The molecule has 2 aliphatic heterocycles. The van der Waals surface area contributed by atoms with Crippen LogP contribution < -0.4 is 20.4 Å². The van der Waals surface area contributed by atoms with Crippen LogP contribution in [0.25, 0.3) is 11.1 Å². The highest BCUT2D eigenvalue weighted by Gasteiger charge is 2.32. The van der Waals surface area contributed by atoms with E-state index in [0.29, 0.717) is 35.9 Å². The summed E-state index contributed by atoms with van der Waals surface area (Å²) in [6.45, 7) is 2.32. The van der Waals surface area contributed by atoms with Crippen LogP contribution in [0.2, 0.25) is 0 Å². The summed E-state index contributed by atoms with van der Waals surface area (Å²) in [5.74, 6) is 7.26. The number of thioether (sulfide) groups is 1. The number of carbonyl (C=O) groups excluding carboxylic acids is 2. The first kappa shape index (κ1) is 27.4. The van der Waals surface area contributed by atoms with Gasteiger partial charge in [-0.15, -0.1) is 0 Å². The van der Waals surface area contributed by atoms with Gasteiger partial charge < -0.3 is 4.74 Å². The fourth-order valence-corrected chi connectivity index (χ4v) is 5.43. The van der Waals surface area contributed by atoms with E-state index in [1.807, 2.05) is 0 Å². The number of ether oxygens (including phenoxy) is 1. The van der Waals surface area contributed by atoms with Crippen molar-refractivity contribution in [1.82, 2.24) is 25.6 Å². The molecule has 2 amide bonds. The van der Waals surface area contributed by atoms with Gasteiger partial charge in [-0.25, -0.2) is 13.8 Å². The van der Waals surface area contributed by atoms with Crippen LogP contribution in [0.4, 0.5) is 14.6 Å². The summed E-state index contributed by atoms with van der Waals surface area (Å²) < 4.78 is 32.7. The van der Waals surface area contributed by atoms with E-state index in [1.165, 1.54) is 50.2 Å². The summed E-state index contributed by atoms with van der Waals surface area (Å²) in [7, 11) is 1.39. The van der Waals surface area contributed by atoms with E-state index in [1.54, 1.807) is 11.0 Å². The van der Waals surface area contributed by atoms with Crippen LogP contribution in [-0.2, 0) is 4.79 Å². The maximum Gasteiger partial charge on any atom is 0.280 e. The molecule has 2 aromatic rings. The Morgan fingerprint density at radius 3 is 2.71 bits per heavy atom. The lowest BCUT2D eigenvalue weighted by Gasteiger charge is -2.34. The third-order valence-electron chi connectivity index (χ3n) is 7.28. The molecule has 2 N–H and O–H groups in total. The van der Waals surface area contributed by atoms with E-state index in [9.17, 15) is 18.4 Å². The van der Waals surface area contributed by atoms with Crippen molar-refractivity contribution in [2.45, 2.75) is 37.5 Å². The van der Waals surface area contributed by atoms with E-state index in [-0.39, 0.29) is 40.3 Å². The molecule has 13 heteroatoms. The molecule has 0 aromatic carbocycles. The standard InChI is InChI=1S/C28H29F2N7O3S/c1-40-22-13-31-21(26(29)30)10-19(22)18-11-23(37-9-8-36(15-25(37)38)14-17-4-5-17)32-12-20(18)27(39)33-28-35-34-24(41-28)7-6-16-2-3-16/h10-13,16-17,24,26,34H,2-5,8-9,14-15H2,1H3,(H,33,35,39). The van der Waals surface area contributed by atoms with E-state index >= 15 is 0 Å². The molecule has 1 atom stereocenters. The zero-order valence-electron chi connectivity index (χ0n) is 22.4. The monoisotopic (exact) mass is 581 g/mol. The Balaban J connectivity index is 1.29. The molecule has 10 nitrogen and oxygen atoms in total. The van der Waals surface area contributed by atoms with Gasteiger partial charge in [-0.3, -0.25) is 35.1 Å². The zero-order chi connectivity index (χ0) is 28.5. The van der Waals surface area contributed by atoms with Crippen molar-refractivity contribution >= 4 is 34.6 Å². The summed E-state index contributed by atoms with van der Waals surface area (Å²) >= 11 is 1.28. The molecule has 1 unspecified atom stereocenters. The molecular formula is C28H29F2N7O3S. The minimum absolute atomic E-state index is 0.106. The van der Waals surface area contributed by atoms with Crippen molar-refractivity contribution in [2.75, 3.05) is 38.2 Å². The van der Waals surface area contributed by atoms with Gasteiger partial charge in [0.1, 0.15) is 17.3 Å². The fraction of sp³-hybridized carbons (Fsp3) is 0.464.